The Labute approximate surface area is 228 Å². The molecule has 0 unspecified atom stereocenters. The lowest BCUT2D eigenvalue weighted by Gasteiger charge is -2.37. The Bertz CT molecular complexity index is 1180. The van der Waals surface area contributed by atoms with Crippen molar-refractivity contribution in [3.63, 3.8) is 0 Å². The van der Waals surface area contributed by atoms with Crippen molar-refractivity contribution in [2.45, 2.75) is 38.2 Å². The topological polar surface area (TPSA) is 79.2 Å². The van der Waals surface area contributed by atoms with Gasteiger partial charge in [-0.1, -0.05) is 11.6 Å². The summed E-state index contributed by atoms with van der Waals surface area (Å²) in [6, 6.07) is 7.97. The quantitative estimate of drug-likeness (QED) is 0.242. The van der Waals surface area contributed by atoms with Crippen LogP contribution in [-0.4, -0.2) is 72.5 Å². The molecule has 1 amide bonds. The number of alkyl halides is 4. The molecule has 39 heavy (non-hydrogen) atoms. The average molecular weight is 573 g/mol. The van der Waals surface area contributed by atoms with Crippen LogP contribution in [0, 0.1) is 10.1 Å². The van der Waals surface area contributed by atoms with Crippen molar-refractivity contribution in [3.05, 3.63) is 62.7 Å². The Morgan fingerprint density at radius 2 is 1.74 bits per heavy atom. The number of hydrogen-bond acceptors (Lipinski definition) is 6. The second-order valence-corrected chi connectivity index (χ2v) is 10.0. The third-order valence-electron chi connectivity index (χ3n) is 7.12. The number of piperidine rings is 1. The standard InChI is InChI=1S/C26H29ClF4N4O4/c27-23-3-1-19(15-18(23)17-28)33-13-11-32(12-14-33)8-7-25(36)34-9-5-20(6-10-34)39-21-2-4-24(35(37)38)22(16-21)26(29,30)31/h1-4,15-16,20H,5-14,17H2. The van der Waals surface area contributed by atoms with Crippen LogP contribution in [0.25, 0.3) is 0 Å². The zero-order chi connectivity index (χ0) is 28.2. The van der Waals surface area contributed by atoms with E-state index in [0.29, 0.717) is 55.5 Å². The highest BCUT2D eigenvalue weighted by molar-refractivity contribution is 6.31. The molecule has 0 bridgehead atoms. The second-order valence-electron chi connectivity index (χ2n) is 9.62. The second kappa shape index (κ2) is 12.4. The van der Waals surface area contributed by atoms with E-state index in [1.807, 2.05) is 6.07 Å². The number of nitrogens with zero attached hydrogens (tertiary/aromatic N) is 4. The minimum atomic E-state index is -4.88. The van der Waals surface area contributed by atoms with E-state index < -0.39 is 35.1 Å². The molecule has 0 spiro atoms. The molecule has 0 N–H and O–H groups in total. The van der Waals surface area contributed by atoms with Crippen LogP contribution in [0.4, 0.5) is 28.9 Å². The van der Waals surface area contributed by atoms with Crippen molar-refractivity contribution in [1.29, 1.82) is 0 Å². The van der Waals surface area contributed by atoms with Crippen molar-refractivity contribution in [2.75, 3.05) is 50.7 Å². The number of nitro groups is 1. The number of amides is 1. The Morgan fingerprint density at radius 3 is 2.36 bits per heavy atom. The van der Waals surface area contributed by atoms with Crippen molar-refractivity contribution < 1.29 is 32.0 Å². The van der Waals surface area contributed by atoms with E-state index in [1.54, 1.807) is 17.0 Å². The van der Waals surface area contributed by atoms with E-state index in [4.69, 9.17) is 16.3 Å². The Balaban J connectivity index is 1.21. The number of halogens is 5. The summed E-state index contributed by atoms with van der Waals surface area (Å²) in [5.74, 6) is -0.0766. The van der Waals surface area contributed by atoms with Crippen LogP contribution >= 0.6 is 11.6 Å². The highest BCUT2D eigenvalue weighted by atomic mass is 35.5. The molecule has 2 saturated heterocycles. The molecule has 0 atom stereocenters. The van der Waals surface area contributed by atoms with Gasteiger partial charge in [-0.05, 0) is 30.3 Å². The van der Waals surface area contributed by atoms with E-state index in [9.17, 15) is 32.5 Å². The minimum Gasteiger partial charge on any atom is -0.490 e. The Morgan fingerprint density at radius 1 is 1.05 bits per heavy atom. The molecule has 2 aliphatic heterocycles. The molecule has 2 fully saturated rings. The number of carbonyl (C=O) groups excluding carboxylic acids is 1. The normalized spacial score (nSPS) is 17.4. The Hall–Kier alpha value is -3.12. The molecule has 0 aliphatic carbocycles. The molecule has 2 aromatic carbocycles. The number of nitro benzene ring substituents is 1. The van der Waals surface area contributed by atoms with Gasteiger partial charge in [-0.25, -0.2) is 4.39 Å². The van der Waals surface area contributed by atoms with Gasteiger partial charge in [0.25, 0.3) is 5.69 Å². The first kappa shape index (κ1) is 28.9. The van der Waals surface area contributed by atoms with Crippen molar-refractivity contribution in [3.8, 4) is 5.75 Å². The summed E-state index contributed by atoms with van der Waals surface area (Å²) in [4.78, 5) is 28.7. The average Bonchev–Trinajstić information content (AvgIpc) is 2.92. The maximum Gasteiger partial charge on any atom is 0.423 e. The SMILES string of the molecule is O=C(CCN1CCN(c2ccc(Cl)c(CF)c2)CC1)N1CCC(Oc2ccc([N+](=O)[O-])c(C(F)(F)F)c2)CC1. The smallest absolute Gasteiger partial charge is 0.423 e. The number of hydrogen-bond donors (Lipinski definition) is 0. The van der Waals surface area contributed by atoms with Crippen molar-refractivity contribution >= 4 is 28.9 Å². The number of benzene rings is 2. The maximum atomic E-state index is 13.2. The van der Waals surface area contributed by atoms with Gasteiger partial charge in [0.05, 0.1) is 4.92 Å². The molecule has 2 aliphatic rings. The lowest BCUT2D eigenvalue weighted by molar-refractivity contribution is -0.388. The van der Waals surface area contributed by atoms with Gasteiger partial charge in [0, 0.05) is 87.4 Å². The summed E-state index contributed by atoms with van der Waals surface area (Å²) >= 11 is 6.01. The summed E-state index contributed by atoms with van der Waals surface area (Å²) in [6.07, 6.45) is -4.01. The minimum absolute atomic E-state index is 0.0101. The summed E-state index contributed by atoms with van der Waals surface area (Å²) in [5, 5.41) is 11.3. The van der Waals surface area contributed by atoms with Crippen LogP contribution < -0.4 is 9.64 Å². The van der Waals surface area contributed by atoms with E-state index >= 15 is 0 Å². The molecular formula is C26H29ClF4N4O4. The van der Waals surface area contributed by atoms with Crippen LogP contribution in [0.1, 0.15) is 30.4 Å². The third kappa shape index (κ3) is 7.30. The van der Waals surface area contributed by atoms with Gasteiger partial charge in [0.1, 0.15) is 24.1 Å². The van der Waals surface area contributed by atoms with Gasteiger partial charge in [0.15, 0.2) is 0 Å². The van der Waals surface area contributed by atoms with E-state index in [0.717, 1.165) is 44.0 Å². The first-order valence-electron chi connectivity index (χ1n) is 12.7. The first-order chi connectivity index (χ1) is 18.5. The molecular weight excluding hydrogens is 544 g/mol. The van der Waals surface area contributed by atoms with Crippen molar-refractivity contribution in [1.82, 2.24) is 9.80 Å². The van der Waals surface area contributed by atoms with Gasteiger partial charge < -0.3 is 14.5 Å². The van der Waals surface area contributed by atoms with E-state index in [-0.39, 0.29) is 11.7 Å². The molecule has 0 radical (unpaired) electrons. The summed E-state index contributed by atoms with van der Waals surface area (Å²) in [6.45, 7) is 3.88. The summed E-state index contributed by atoms with van der Waals surface area (Å²) in [5.41, 5.74) is -0.977. The summed E-state index contributed by atoms with van der Waals surface area (Å²) < 4.78 is 58.5. The molecule has 2 aromatic rings. The zero-order valence-electron chi connectivity index (χ0n) is 21.1. The van der Waals surface area contributed by atoms with Gasteiger partial charge in [-0.15, -0.1) is 0 Å². The van der Waals surface area contributed by atoms with Gasteiger partial charge >= 0.3 is 6.18 Å². The monoisotopic (exact) mass is 572 g/mol. The zero-order valence-corrected chi connectivity index (χ0v) is 21.9. The lowest BCUT2D eigenvalue weighted by atomic mass is 10.1. The number of piperazine rings is 1. The molecule has 13 heteroatoms. The highest BCUT2D eigenvalue weighted by Crippen LogP contribution is 2.38. The predicted octanol–water partition coefficient (Wildman–Crippen LogP) is 5.32. The fourth-order valence-corrected chi connectivity index (χ4v) is 5.06. The molecule has 4 rings (SSSR count). The van der Waals surface area contributed by atoms with Crippen LogP contribution in [-0.2, 0) is 17.6 Å². The van der Waals surface area contributed by atoms with Crippen molar-refractivity contribution in [2.24, 2.45) is 0 Å². The van der Waals surface area contributed by atoms with Gasteiger partial charge in [0.2, 0.25) is 5.91 Å². The molecule has 0 aromatic heterocycles. The van der Waals surface area contributed by atoms with Crippen LogP contribution in [0.5, 0.6) is 5.75 Å². The van der Waals surface area contributed by atoms with Gasteiger partial charge in [-0.2, -0.15) is 13.2 Å². The van der Waals surface area contributed by atoms with Gasteiger partial charge in [-0.3, -0.25) is 19.8 Å². The fraction of sp³-hybridized carbons (Fsp3) is 0.500. The largest absolute Gasteiger partial charge is 0.490 e. The molecule has 2 heterocycles. The fourth-order valence-electron chi connectivity index (χ4n) is 4.89. The van der Waals surface area contributed by atoms with Crippen LogP contribution in [0.2, 0.25) is 5.02 Å². The lowest BCUT2D eigenvalue weighted by Crippen LogP contribution is -2.48. The predicted molar refractivity (Wildman–Crippen MR) is 138 cm³/mol. The van der Waals surface area contributed by atoms with E-state index in [2.05, 4.69) is 9.80 Å². The number of likely N-dealkylation sites (tertiary alicyclic amines) is 1. The first-order valence-corrected chi connectivity index (χ1v) is 13.0. The number of anilines is 1. The number of rotatable bonds is 8. The highest BCUT2D eigenvalue weighted by Gasteiger charge is 2.39. The van der Waals surface area contributed by atoms with Crippen LogP contribution in [0.15, 0.2) is 36.4 Å². The molecule has 0 saturated carbocycles. The maximum absolute atomic E-state index is 13.2. The number of ether oxygens (including phenoxy) is 1. The third-order valence-corrected chi connectivity index (χ3v) is 7.49. The van der Waals surface area contributed by atoms with E-state index in [1.165, 1.54) is 0 Å². The van der Waals surface area contributed by atoms with Crippen LogP contribution in [0.3, 0.4) is 0 Å². The molecule has 8 nitrogen and oxygen atoms in total. The molecule has 212 valence electrons. The Kier molecular flexibility index (Phi) is 9.16. The number of carbonyl (C=O) groups is 1. The summed E-state index contributed by atoms with van der Waals surface area (Å²) in [7, 11) is 0.